The average Bonchev–Trinajstić information content (AvgIpc) is 3.65. The third kappa shape index (κ3) is 6.44. The van der Waals surface area contributed by atoms with E-state index < -0.39 is 0 Å². The summed E-state index contributed by atoms with van der Waals surface area (Å²) in [5, 5.41) is 7.07. The Morgan fingerprint density at radius 2 is 0.817 bits per heavy atom. The minimum absolute atomic E-state index is 0.00767. The van der Waals surface area contributed by atoms with Crippen LogP contribution in [0.4, 0.5) is 17.1 Å². The van der Waals surface area contributed by atoms with Gasteiger partial charge in [0.25, 0.3) is 0 Å². The fraction of sp³-hybridized carbons (Fsp3) is 0.138. The standard InChI is InChI=1S/C58H49NO/c1-57(2,3)41-35-40(36-42(37-41)58(4,5)6)44-27-16-21-39-22-17-29-48(55(39)44)47-25-10-13-31-51(47)59(52-32-18-34-54-56(52)49-26-11-14-33-53(49)60-54)50-30-12-9-24-46(50)45-28-15-20-38-19-7-8-23-43(38)45/h7-37H,1-6H3. The van der Waals surface area contributed by atoms with Gasteiger partial charge in [-0.25, -0.2) is 0 Å². The van der Waals surface area contributed by atoms with Gasteiger partial charge in [0.1, 0.15) is 11.2 Å². The molecule has 0 bridgehead atoms. The summed E-state index contributed by atoms with van der Waals surface area (Å²) in [6, 6.07) is 68.8. The van der Waals surface area contributed by atoms with Crippen LogP contribution in [0.2, 0.25) is 0 Å². The maximum Gasteiger partial charge on any atom is 0.137 e. The molecule has 0 atom stereocenters. The van der Waals surface area contributed by atoms with Crippen LogP contribution in [0.5, 0.6) is 0 Å². The summed E-state index contributed by atoms with van der Waals surface area (Å²) in [5.41, 5.74) is 14.8. The van der Waals surface area contributed by atoms with Crippen molar-refractivity contribution in [3.05, 3.63) is 199 Å². The molecule has 0 aliphatic carbocycles. The average molecular weight is 776 g/mol. The number of rotatable bonds is 6. The van der Waals surface area contributed by atoms with Gasteiger partial charge in [-0.3, -0.25) is 0 Å². The van der Waals surface area contributed by atoms with E-state index >= 15 is 0 Å². The number of hydrogen-bond acceptors (Lipinski definition) is 2. The molecule has 0 spiro atoms. The Bertz CT molecular complexity index is 3200. The minimum Gasteiger partial charge on any atom is -0.456 e. The van der Waals surface area contributed by atoms with Crippen molar-refractivity contribution in [2.45, 2.75) is 52.4 Å². The molecule has 0 amide bonds. The Morgan fingerprint density at radius 3 is 1.50 bits per heavy atom. The molecule has 10 aromatic rings. The second-order valence-corrected chi connectivity index (χ2v) is 18.2. The predicted molar refractivity (Wildman–Crippen MR) is 257 cm³/mol. The molecule has 60 heavy (non-hydrogen) atoms. The highest BCUT2D eigenvalue weighted by Crippen LogP contribution is 2.50. The van der Waals surface area contributed by atoms with Crippen LogP contribution in [0, 0.1) is 0 Å². The topological polar surface area (TPSA) is 16.4 Å². The largest absolute Gasteiger partial charge is 0.456 e. The van der Waals surface area contributed by atoms with Crippen LogP contribution in [-0.2, 0) is 10.8 Å². The molecule has 292 valence electrons. The molecule has 0 radical (unpaired) electrons. The highest BCUT2D eigenvalue weighted by Gasteiger charge is 2.26. The van der Waals surface area contributed by atoms with Crippen molar-refractivity contribution in [2.75, 3.05) is 4.90 Å². The van der Waals surface area contributed by atoms with Gasteiger partial charge in [0.05, 0.1) is 22.4 Å². The lowest BCUT2D eigenvalue weighted by atomic mass is 9.78. The zero-order valence-corrected chi connectivity index (χ0v) is 35.3. The second-order valence-electron chi connectivity index (χ2n) is 18.2. The number of nitrogens with zero attached hydrogens (tertiary/aromatic N) is 1. The number of furan rings is 1. The van der Waals surface area contributed by atoms with E-state index in [1.165, 1.54) is 54.9 Å². The smallest absolute Gasteiger partial charge is 0.137 e. The summed E-state index contributed by atoms with van der Waals surface area (Å²) in [4.78, 5) is 2.48. The van der Waals surface area contributed by atoms with Gasteiger partial charge in [0.15, 0.2) is 0 Å². The lowest BCUT2D eigenvalue weighted by Crippen LogP contribution is -2.16. The maximum atomic E-state index is 6.57. The number of benzene rings is 9. The van der Waals surface area contributed by atoms with Gasteiger partial charge in [-0.05, 0) is 96.1 Å². The molecule has 9 aromatic carbocycles. The normalized spacial score (nSPS) is 12.2. The van der Waals surface area contributed by atoms with Crippen molar-refractivity contribution in [1.82, 2.24) is 0 Å². The summed E-state index contributed by atoms with van der Waals surface area (Å²) in [5.74, 6) is 0. The first-order chi connectivity index (χ1) is 29.0. The van der Waals surface area contributed by atoms with Crippen LogP contribution < -0.4 is 4.90 Å². The Hall–Kier alpha value is -6.90. The van der Waals surface area contributed by atoms with Crippen LogP contribution in [-0.4, -0.2) is 0 Å². The molecular weight excluding hydrogens is 727 g/mol. The van der Waals surface area contributed by atoms with Gasteiger partial charge < -0.3 is 9.32 Å². The highest BCUT2D eigenvalue weighted by molar-refractivity contribution is 6.16. The van der Waals surface area contributed by atoms with Crippen LogP contribution >= 0.6 is 0 Å². The van der Waals surface area contributed by atoms with E-state index in [4.69, 9.17) is 4.42 Å². The van der Waals surface area contributed by atoms with Gasteiger partial charge in [0, 0.05) is 16.5 Å². The molecule has 1 heterocycles. The van der Waals surface area contributed by atoms with E-state index in [9.17, 15) is 0 Å². The van der Waals surface area contributed by atoms with Crippen LogP contribution in [0.25, 0.3) is 76.9 Å². The molecule has 0 aliphatic heterocycles. The maximum absolute atomic E-state index is 6.57. The van der Waals surface area contributed by atoms with E-state index in [1.807, 2.05) is 6.07 Å². The first-order valence-electron chi connectivity index (χ1n) is 21.1. The van der Waals surface area contributed by atoms with Crippen molar-refractivity contribution in [3.8, 4) is 33.4 Å². The zero-order valence-electron chi connectivity index (χ0n) is 35.3. The number of anilines is 3. The van der Waals surface area contributed by atoms with E-state index in [0.29, 0.717) is 0 Å². The molecule has 10 rings (SSSR count). The summed E-state index contributed by atoms with van der Waals surface area (Å²) >= 11 is 0. The molecule has 0 aliphatic rings. The summed E-state index contributed by atoms with van der Waals surface area (Å²) in [6.07, 6.45) is 0. The van der Waals surface area contributed by atoms with E-state index in [1.54, 1.807) is 0 Å². The molecule has 1 aromatic heterocycles. The third-order valence-electron chi connectivity index (χ3n) is 12.2. The molecule has 0 N–H and O–H groups in total. The van der Waals surface area contributed by atoms with Crippen LogP contribution in [0.1, 0.15) is 52.7 Å². The van der Waals surface area contributed by atoms with Crippen LogP contribution in [0.15, 0.2) is 192 Å². The van der Waals surface area contributed by atoms with Crippen LogP contribution in [0.3, 0.4) is 0 Å². The minimum atomic E-state index is -0.00767. The number of hydrogen-bond donors (Lipinski definition) is 0. The molecule has 0 fully saturated rings. The fourth-order valence-corrected chi connectivity index (χ4v) is 9.04. The zero-order chi connectivity index (χ0) is 41.2. The molecule has 0 saturated heterocycles. The van der Waals surface area contributed by atoms with Gasteiger partial charge in [-0.15, -0.1) is 0 Å². The van der Waals surface area contributed by atoms with Gasteiger partial charge >= 0.3 is 0 Å². The summed E-state index contributed by atoms with van der Waals surface area (Å²) in [6.45, 7) is 13.9. The highest BCUT2D eigenvalue weighted by atomic mass is 16.3. The Balaban J connectivity index is 1.29. The Labute approximate surface area is 353 Å². The SMILES string of the molecule is CC(C)(C)c1cc(-c2cccc3cccc(-c4ccccc4N(c4ccccc4-c4cccc5ccccc45)c4cccc5oc6ccccc6c45)c23)cc(C(C)(C)C)c1. The summed E-state index contributed by atoms with van der Waals surface area (Å²) in [7, 11) is 0. The first-order valence-corrected chi connectivity index (χ1v) is 21.1. The Morgan fingerprint density at radius 1 is 0.350 bits per heavy atom. The van der Waals surface area contributed by atoms with Crippen molar-refractivity contribution in [2.24, 2.45) is 0 Å². The van der Waals surface area contributed by atoms with Crippen molar-refractivity contribution in [1.29, 1.82) is 0 Å². The Kier molecular flexibility index (Phi) is 8.99. The molecule has 2 nitrogen and oxygen atoms in total. The van der Waals surface area contributed by atoms with E-state index in [0.717, 1.165) is 50.1 Å². The molecule has 2 heteroatoms. The van der Waals surface area contributed by atoms with Crippen molar-refractivity contribution in [3.63, 3.8) is 0 Å². The number of fused-ring (bicyclic) bond motifs is 5. The lowest BCUT2D eigenvalue weighted by Gasteiger charge is -2.31. The van der Waals surface area contributed by atoms with Crippen molar-refractivity contribution < 1.29 is 4.42 Å². The van der Waals surface area contributed by atoms with Crippen molar-refractivity contribution >= 4 is 60.5 Å². The monoisotopic (exact) mass is 775 g/mol. The number of para-hydroxylation sites is 3. The third-order valence-corrected chi connectivity index (χ3v) is 12.2. The molecule has 0 unspecified atom stereocenters. The lowest BCUT2D eigenvalue weighted by molar-refractivity contribution is 0.569. The second kappa shape index (κ2) is 14.4. The van der Waals surface area contributed by atoms with E-state index in [-0.39, 0.29) is 10.8 Å². The predicted octanol–water partition coefficient (Wildman–Crippen LogP) is 17.0. The van der Waals surface area contributed by atoms with Gasteiger partial charge in [-0.2, -0.15) is 0 Å². The summed E-state index contributed by atoms with van der Waals surface area (Å²) < 4.78 is 6.57. The molecular formula is C58H49NO. The van der Waals surface area contributed by atoms with Gasteiger partial charge in [0.2, 0.25) is 0 Å². The van der Waals surface area contributed by atoms with E-state index in [2.05, 4.69) is 228 Å². The fourth-order valence-electron chi connectivity index (χ4n) is 9.04. The molecule has 0 saturated carbocycles. The quantitative estimate of drug-likeness (QED) is 0.167. The first kappa shape index (κ1) is 37.4. The van der Waals surface area contributed by atoms with Gasteiger partial charge in [-0.1, -0.05) is 199 Å².